The van der Waals surface area contributed by atoms with E-state index in [1.807, 2.05) is 10.8 Å². The summed E-state index contributed by atoms with van der Waals surface area (Å²) < 4.78 is 5.49. The lowest BCUT2D eigenvalue weighted by Gasteiger charge is -2.02. The van der Waals surface area contributed by atoms with Gasteiger partial charge in [0.15, 0.2) is 0 Å². The van der Waals surface area contributed by atoms with Crippen LogP contribution in [0.3, 0.4) is 0 Å². The van der Waals surface area contributed by atoms with Crippen molar-refractivity contribution in [3.8, 4) is 0 Å². The molecule has 0 aromatic heterocycles. The Morgan fingerprint density at radius 2 is 1.38 bits per heavy atom. The minimum atomic E-state index is 0.924. The Morgan fingerprint density at radius 1 is 0.750 bits per heavy atom. The number of hydrogen-bond donors (Lipinski definition) is 0. The van der Waals surface area contributed by atoms with Crippen molar-refractivity contribution in [1.82, 2.24) is 0 Å². The molecule has 0 saturated heterocycles. The second kappa shape index (κ2) is 15.7. The molecule has 0 heterocycles. The fourth-order valence-corrected chi connectivity index (χ4v) is 3.06. The minimum Gasteiger partial charge on any atom is -0.305 e. The summed E-state index contributed by atoms with van der Waals surface area (Å²) in [6.07, 6.45) is 12.1. The third kappa shape index (κ3) is 14.7. The normalized spacial score (nSPS) is 10.9. The second-order valence-electron chi connectivity index (χ2n) is 4.19. The van der Waals surface area contributed by atoms with E-state index >= 15 is 0 Å². The summed E-state index contributed by atoms with van der Waals surface area (Å²) in [5, 5.41) is 0. The molecule has 0 aliphatic carbocycles. The van der Waals surface area contributed by atoms with Gasteiger partial charge in [-0.25, -0.2) is 0 Å². The molecular weight excluding hydrogens is 236 g/mol. The molecule has 0 amide bonds. The molecule has 0 spiro atoms. The van der Waals surface area contributed by atoms with E-state index in [0.717, 1.165) is 6.61 Å². The maximum atomic E-state index is 5.49. The van der Waals surface area contributed by atoms with Gasteiger partial charge in [-0.1, -0.05) is 69.6 Å². The summed E-state index contributed by atoms with van der Waals surface area (Å²) in [6.45, 7) is 5.43. The molecule has 98 valence electrons. The van der Waals surface area contributed by atoms with Crippen molar-refractivity contribution in [3.05, 3.63) is 0 Å². The van der Waals surface area contributed by atoms with Crippen LogP contribution in [0.1, 0.15) is 71.6 Å². The van der Waals surface area contributed by atoms with Crippen LogP contribution in [0, 0.1) is 0 Å². The molecule has 16 heavy (non-hydrogen) atoms. The zero-order valence-corrected chi connectivity index (χ0v) is 12.6. The predicted octanol–water partition coefficient (Wildman–Crippen LogP) is 5.85. The molecule has 0 unspecified atom stereocenters. The van der Waals surface area contributed by atoms with E-state index < -0.39 is 0 Å². The Labute approximate surface area is 110 Å². The lowest BCUT2D eigenvalue weighted by atomic mass is 10.2. The average Bonchev–Trinajstić information content (AvgIpc) is 2.31. The second-order valence-corrected chi connectivity index (χ2v) is 6.32. The first-order valence-corrected chi connectivity index (χ1v) is 9.07. The van der Waals surface area contributed by atoms with Gasteiger partial charge in [0, 0.05) is 5.75 Å². The zero-order chi connectivity index (χ0) is 11.9. The standard InChI is InChI=1S/C13H28OS2/c1-3-5-7-9-11-13-15-16-14-12-10-8-6-4-2/h3-13H2,1-2H3. The lowest BCUT2D eigenvalue weighted by Crippen LogP contribution is -1.86. The van der Waals surface area contributed by atoms with Crippen LogP contribution < -0.4 is 0 Å². The van der Waals surface area contributed by atoms with Gasteiger partial charge in [0.25, 0.3) is 0 Å². The maximum absolute atomic E-state index is 5.49. The van der Waals surface area contributed by atoms with Crippen LogP contribution in [-0.2, 0) is 4.18 Å². The summed E-state index contributed by atoms with van der Waals surface area (Å²) in [6, 6.07) is 0. The highest BCUT2D eigenvalue weighted by atomic mass is 33.1. The molecule has 0 N–H and O–H groups in total. The van der Waals surface area contributed by atoms with Crippen molar-refractivity contribution < 1.29 is 4.18 Å². The van der Waals surface area contributed by atoms with Crippen LogP contribution in [0.15, 0.2) is 0 Å². The van der Waals surface area contributed by atoms with Crippen molar-refractivity contribution in [2.45, 2.75) is 71.6 Å². The van der Waals surface area contributed by atoms with Gasteiger partial charge in [0.05, 0.1) is 17.7 Å². The zero-order valence-electron chi connectivity index (χ0n) is 11.0. The van der Waals surface area contributed by atoms with E-state index in [1.165, 1.54) is 63.5 Å². The van der Waals surface area contributed by atoms with E-state index in [1.54, 1.807) is 11.1 Å². The lowest BCUT2D eigenvalue weighted by molar-refractivity contribution is 0.361. The Bertz CT molecular complexity index is 107. The largest absolute Gasteiger partial charge is 0.305 e. The van der Waals surface area contributed by atoms with Crippen LogP contribution in [-0.4, -0.2) is 12.4 Å². The van der Waals surface area contributed by atoms with Gasteiger partial charge in [0.2, 0.25) is 0 Å². The van der Waals surface area contributed by atoms with Gasteiger partial charge in [-0.2, -0.15) is 0 Å². The van der Waals surface area contributed by atoms with Gasteiger partial charge >= 0.3 is 0 Å². The van der Waals surface area contributed by atoms with Gasteiger partial charge in [-0.15, -0.1) is 0 Å². The third-order valence-corrected chi connectivity index (χ3v) is 4.40. The van der Waals surface area contributed by atoms with Crippen molar-refractivity contribution in [1.29, 1.82) is 0 Å². The third-order valence-electron chi connectivity index (χ3n) is 2.51. The smallest absolute Gasteiger partial charge is 0.0624 e. The van der Waals surface area contributed by atoms with Gasteiger partial charge in [-0.3, -0.25) is 0 Å². The highest BCUT2D eigenvalue weighted by Gasteiger charge is 1.93. The summed E-state index contributed by atoms with van der Waals surface area (Å²) in [4.78, 5) is 0. The molecule has 0 saturated carbocycles. The fourth-order valence-electron chi connectivity index (χ4n) is 1.45. The minimum absolute atomic E-state index is 0.924. The molecule has 0 aromatic rings. The fraction of sp³-hybridized carbons (Fsp3) is 1.00. The van der Waals surface area contributed by atoms with Crippen molar-refractivity contribution in [3.63, 3.8) is 0 Å². The van der Waals surface area contributed by atoms with E-state index in [0.29, 0.717) is 0 Å². The first-order valence-electron chi connectivity index (χ1n) is 6.82. The van der Waals surface area contributed by atoms with Crippen molar-refractivity contribution in [2.75, 3.05) is 12.4 Å². The van der Waals surface area contributed by atoms with Crippen LogP contribution in [0.4, 0.5) is 0 Å². The first kappa shape index (κ1) is 16.7. The number of hydrogen-bond acceptors (Lipinski definition) is 3. The molecule has 3 heteroatoms. The van der Waals surface area contributed by atoms with Gasteiger partial charge < -0.3 is 4.18 Å². The average molecular weight is 264 g/mol. The number of unbranched alkanes of at least 4 members (excludes halogenated alkanes) is 7. The highest BCUT2D eigenvalue weighted by molar-refractivity contribution is 8.74. The van der Waals surface area contributed by atoms with Crippen LogP contribution >= 0.6 is 21.9 Å². The summed E-state index contributed by atoms with van der Waals surface area (Å²) in [7, 11) is 1.87. The van der Waals surface area contributed by atoms with Gasteiger partial charge in [0.1, 0.15) is 0 Å². The molecule has 1 nitrogen and oxygen atoms in total. The summed E-state index contributed by atoms with van der Waals surface area (Å²) in [5.41, 5.74) is 0. The van der Waals surface area contributed by atoms with Crippen molar-refractivity contribution in [2.24, 2.45) is 0 Å². The molecule has 0 aliphatic heterocycles. The molecule has 0 aliphatic rings. The molecule has 0 radical (unpaired) electrons. The highest BCUT2D eigenvalue weighted by Crippen LogP contribution is 2.24. The van der Waals surface area contributed by atoms with Crippen LogP contribution in [0.5, 0.6) is 0 Å². The molecule has 0 fully saturated rings. The topological polar surface area (TPSA) is 9.23 Å². The molecular formula is C13H28OS2. The van der Waals surface area contributed by atoms with Gasteiger partial charge in [-0.05, 0) is 12.8 Å². The summed E-state index contributed by atoms with van der Waals surface area (Å²) in [5.74, 6) is 1.24. The molecule has 0 rings (SSSR count). The van der Waals surface area contributed by atoms with Crippen molar-refractivity contribution >= 4 is 21.9 Å². The van der Waals surface area contributed by atoms with E-state index in [2.05, 4.69) is 13.8 Å². The Balaban J connectivity index is 2.83. The van der Waals surface area contributed by atoms with E-state index in [-0.39, 0.29) is 0 Å². The SMILES string of the molecule is CCCCCCCSSOCCCCCC. The Kier molecular flexibility index (Phi) is 16.3. The quantitative estimate of drug-likeness (QED) is 0.234. The van der Waals surface area contributed by atoms with E-state index in [9.17, 15) is 0 Å². The van der Waals surface area contributed by atoms with Crippen LogP contribution in [0.2, 0.25) is 0 Å². The predicted molar refractivity (Wildman–Crippen MR) is 78.9 cm³/mol. The Morgan fingerprint density at radius 3 is 2.06 bits per heavy atom. The van der Waals surface area contributed by atoms with E-state index in [4.69, 9.17) is 4.18 Å². The maximum Gasteiger partial charge on any atom is 0.0624 e. The number of rotatable bonds is 13. The monoisotopic (exact) mass is 264 g/mol. The molecule has 0 bridgehead atoms. The first-order chi connectivity index (χ1) is 7.91. The van der Waals surface area contributed by atoms with Crippen LogP contribution in [0.25, 0.3) is 0 Å². The summed E-state index contributed by atoms with van der Waals surface area (Å²) >= 11 is 1.59. The molecule has 0 atom stereocenters. The Hall–Kier alpha value is 0.660. The molecule has 0 aromatic carbocycles.